The number of rotatable bonds is 4. The van der Waals surface area contributed by atoms with Crippen molar-refractivity contribution in [3.8, 4) is 0 Å². The first kappa shape index (κ1) is 12.6. The number of ketones is 1. The minimum atomic E-state index is 0.308. The van der Waals surface area contributed by atoms with E-state index in [0.717, 1.165) is 24.2 Å². The van der Waals surface area contributed by atoms with Gasteiger partial charge in [0.1, 0.15) is 5.78 Å². The Morgan fingerprint density at radius 1 is 1.47 bits per heavy atom. The van der Waals surface area contributed by atoms with Crippen molar-refractivity contribution in [1.82, 2.24) is 9.78 Å². The average molecular weight is 255 g/mol. The summed E-state index contributed by atoms with van der Waals surface area (Å²) in [5, 5.41) is 4.97. The Balaban J connectivity index is 1.95. The smallest absolute Gasteiger partial charge is 0.136 e. The van der Waals surface area contributed by atoms with Gasteiger partial charge in [0.25, 0.3) is 0 Å². The Kier molecular flexibility index (Phi) is 3.87. The zero-order valence-electron chi connectivity index (χ0n) is 10.5. The molecule has 17 heavy (non-hydrogen) atoms. The Morgan fingerprint density at radius 3 is 2.65 bits per heavy atom. The minimum absolute atomic E-state index is 0.308. The van der Waals surface area contributed by atoms with Crippen LogP contribution in [0.5, 0.6) is 0 Å². The first-order chi connectivity index (χ1) is 8.09. The lowest BCUT2D eigenvalue weighted by atomic mass is 9.98. The highest BCUT2D eigenvalue weighted by atomic mass is 35.5. The van der Waals surface area contributed by atoms with Gasteiger partial charge in [-0.25, -0.2) is 0 Å². The van der Waals surface area contributed by atoms with Crippen LogP contribution in [0.2, 0.25) is 5.02 Å². The molecule has 1 aromatic rings. The first-order valence-electron chi connectivity index (χ1n) is 6.30. The quantitative estimate of drug-likeness (QED) is 0.828. The summed E-state index contributed by atoms with van der Waals surface area (Å²) in [7, 11) is 1.88. The molecule has 4 heteroatoms. The lowest BCUT2D eigenvalue weighted by Crippen LogP contribution is -2.12. The van der Waals surface area contributed by atoms with E-state index in [1.54, 1.807) is 4.68 Å². The molecule has 0 saturated heterocycles. The fourth-order valence-corrected chi connectivity index (χ4v) is 2.90. The van der Waals surface area contributed by atoms with Gasteiger partial charge in [-0.2, -0.15) is 5.10 Å². The van der Waals surface area contributed by atoms with E-state index in [2.05, 4.69) is 5.10 Å². The zero-order chi connectivity index (χ0) is 12.4. The van der Waals surface area contributed by atoms with Gasteiger partial charge in [-0.05, 0) is 26.2 Å². The van der Waals surface area contributed by atoms with Crippen molar-refractivity contribution in [3.63, 3.8) is 0 Å². The summed E-state index contributed by atoms with van der Waals surface area (Å²) in [5.74, 6) is 0.709. The van der Waals surface area contributed by atoms with Crippen molar-refractivity contribution in [1.29, 1.82) is 0 Å². The van der Waals surface area contributed by atoms with Crippen LogP contribution < -0.4 is 0 Å². The van der Waals surface area contributed by atoms with Crippen LogP contribution in [0.4, 0.5) is 0 Å². The normalized spacial score (nSPS) is 16.6. The highest BCUT2D eigenvalue weighted by Crippen LogP contribution is 2.27. The van der Waals surface area contributed by atoms with Crippen LogP contribution in [-0.4, -0.2) is 15.6 Å². The van der Waals surface area contributed by atoms with E-state index >= 15 is 0 Å². The van der Waals surface area contributed by atoms with Crippen molar-refractivity contribution in [3.05, 3.63) is 16.4 Å². The van der Waals surface area contributed by atoms with Crippen molar-refractivity contribution >= 4 is 17.4 Å². The number of carbonyl (C=O) groups excluding carboxylic acids is 1. The Bertz CT molecular complexity index is 419. The number of hydrogen-bond donors (Lipinski definition) is 0. The highest BCUT2D eigenvalue weighted by molar-refractivity contribution is 6.31. The molecule has 1 fully saturated rings. The number of nitrogens with zero attached hydrogens (tertiary/aromatic N) is 2. The zero-order valence-corrected chi connectivity index (χ0v) is 11.3. The maximum atomic E-state index is 12.0. The Hall–Kier alpha value is -0.830. The first-order valence-corrected chi connectivity index (χ1v) is 6.68. The molecule has 1 aromatic heterocycles. The molecule has 1 aliphatic carbocycles. The van der Waals surface area contributed by atoms with E-state index in [0.29, 0.717) is 29.6 Å². The van der Waals surface area contributed by atoms with Gasteiger partial charge in [0.2, 0.25) is 0 Å². The maximum absolute atomic E-state index is 12.0. The summed E-state index contributed by atoms with van der Waals surface area (Å²) in [6, 6.07) is 0. The van der Waals surface area contributed by atoms with Crippen LogP contribution in [0, 0.1) is 12.8 Å². The summed E-state index contributed by atoms with van der Waals surface area (Å²) in [6.07, 6.45) is 5.90. The lowest BCUT2D eigenvalue weighted by molar-refractivity contribution is -0.122. The number of Topliss-reactive ketones (excluding diaryl/α,β-unsaturated/α-hetero) is 1. The second-order valence-corrected chi connectivity index (χ2v) is 5.30. The number of hydrogen-bond acceptors (Lipinski definition) is 2. The molecule has 3 nitrogen and oxygen atoms in total. The van der Waals surface area contributed by atoms with Gasteiger partial charge in [0, 0.05) is 19.4 Å². The number of carbonyl (C=O) groups is 1. The van der Waals surface area contributed by atoms with Crippen LogP contribution in [0.3, 0.4) is 0 Å². The molecule has 0 aliphatic heterocycles. The monoisotopic (exact) mass is 254 g/mol. The van der Waals surface area contributed by atoms with Crippen LogP contribution in [-0.2, 0) is 18.3 Å². The predicted molar refractivity (Wildman–Crippen MR) is 68.2 cm³/mol. The van der Waals surface area contributed by atoms with Crippen LogP contribution >= 0.6 is 11.6 Å². The van der Waals surface area contributed by atoms with Gasteiger partial charge >= 0.3 is 0 Å². The van der Waals surface area contributed by atoms with Gasteiger partial charge in [-0.3, -0.25) is 9.48 Å². The largest absolute Gasteiger partial charge is 0.299 e. The van der Waals surface area contributed by atoms with Crippen LogP contribution in [0.15, 0.2) is 0 Å². The number of aryl methyl sites for hydroxylation is 2. The van der Waals surface area contributed by atoms with E-state index in [9.17, 15) is 4.79 Å². The molecular weight excluding hydrogens is 236 g/mol. The third-order valence-corrected chi connectivity index (χ3v) is 4.17. The molecule has 0 amide bonds. The third-order valence-electron chi connectivity index (χ3n) is 3.68. The van der Waals surface area contributed by atoms with Crippen molar-refractivity contribution < 1.29 is 4.79 Å². The highest BCUT2D eigenvalue weighted by Gasteiger charge is 2.23. The topological polar surface area (TPSA) is 34.9 Å². The Morgan fingerprint density at radius 2 is 2.12 bits per heavy atom. The second-order valence-electron chi connectivity index (χ2n) is 4.92. The molecule has 0 aromatic carbocycles. The van der Waals surface area contributed by atoms with Crippen LogP contribution in [0.1, 0.15) is 43.5 Å². The maximum Gasteiger partial charge on any atom is 0.136 e. The minimum Gasteiger partial charge on any atom is -0.299 e. The fourth-order valence-electron chi connectivity index (χ4n) is 2.65. The average Bonchev–Trinajstić information content (AvgIpc) is 2.88. The number of halogens is 1. The molecule has 94 valence electrons. The van der Waals surface area contributed by atoms with Gasteiger partial charge in [0.05, 0.1) is 16.4 Å². The van der Waals surface area contributed by atoms with Gasteiger partial charge in [0.15, 0.2) is 0 Å². The van der Waals surface area contributed by atoms with Crippen LogP contribution in [0.25, 0.3) is 0 Å². The second kappa shape index (κ2) is 5.21. The predicted octanol–water partition coefficient (Wildman–Crippen LogP) is 3.07. The van der Waals surface area contributed by atoms with E-state index in [1.165, 1.54) is 12.8 Å². The third kappa shape index (κ3) is 2.71. The molecule has 0 unspecified atom stereocenters. The van der Waals surface area contributed by atoms with Crippen molar-refractivity contribution in [2.24, 2.45) is 13.0 Å². The molecule has 1 aliphatic rings. The van der Waals surface area contributed by atoms with E-state index in [1.807, 2.05) is 14.0 Å². The standard InChI is InChI=1S/C13H19ClN2O/c1-9-13(14)11(16(2)15-9)7-8-12(17)10-5-3-4-6-10/h10H,3-8H2,1-2H3. The fraction of sp³-hybridized carbons (Fsp3) is 0.692. The van der Waals surface area contributed by atoms with Gasteiger partial charge in [-0.15, -0.1) is 0 Å². The molecule has 1 heterocycles. The van der Waals surface area contributed by atoms with Crippen molar-refractivity contribution in [2.45, 2.75) is 45.4 Å². The molecular formula is C13H19ClN2O. The molecule has 0 N–H and O–H groups in total. The summed E-state index contributed by atoms with van der Waals surface area (Å²) in [6.45, 7) is 1.89. The molecule has 0 radical (unpaired) electrons. The molecule has 0 atom stereocenters. The summed E-state index contributed by atoms with van der Waals surface area (Å²) in [5.41, 5.74) is 1.83. The summed E-state index contributed by atoms with van der Waals surface area (Å²) < 4.78 is 1.79. The summed E-state index contributed by atoms with van der Waals surface area (Å²) >= 11 is 6.16. The summed E-state index contributed by atoms with van der Waals surface area (Å²) in [4.78, 5) is 12.0. The van der Waals surface area contributed by atoms with Crippen molar-refractivity contribution in [2.75, 3.05) is 0 Å². The van der Waals surface area contributed by atoms with E-state index in [4.69, 9.17) is 11.6 Å². The Labute approximate surface area is 107 Å². The molecule has 0 bridgehead atoms. The molecule has 2 rings (SSSR count). The van der Waals surface area contributed by atoms with Gasteiger partial charge < -0.3 is 0 Å². The molecule has 0 spiro atoms. The number of aromatic nitrogens is 2. The SMILES string of the molecule is Cc1nn(C)c(CCC(=O)C2CCCC2)c1Cl. The van der Waals surface area contributed by atoms with E-state index < -0.39 is 0 Å². The lowest BCUT2D eigenvalue weighted by Gasteiger charge is -2.08. The van der Waals surface area contributed by atoms with E-state index in [-0.39, 0.29) is 0 Å². The molecule has 1 saturated carbocycles. The van der Waals surface area contributed by atoms with Gasteiger partial charge in [-0.1, -0.05) is 24.4 Å².